The van der Waals surface area contributed by atoms with E-state index in [9.17, 15) is 9.50 Å². The van der Waals surface area contributed by atoms with Gasteiger partial charge in [-0.25, -0.2) is 9.37 Å². The van der Waals surface area contributed by atoms with E-state index < -0.39 is 5.72 Å². The summed E-state index contributed by atoms with van der Waals surface area (Å²) in [6.45, 7) is 2.32. The maximum Gasteiger partial charge on any atom is 0.260 e. The van der Waals surface area contributed by atoms with Crippen LogP contribution in [-0.2, 0) is 10.6 Å². The number of oxime groups is 1. The standard InChI is InChI=1S/C25H25FN4O3/c1-17-14-29(16-27-17)22-10-5-18(13-23(22)32-2)12-19-4-3-11-30-24(19)28-33-25(30,15-31)20-6-8-21(26)9-7-20/h5-10,12-14,16,31H,3-4,11,15H2,1-2H3/b19-12+. The van der Waals surface area contributed by atoms with Gasteiger partial charge in [-0.15, -0.1) is 0 Å². The van der Waals surface area contributed by atoms with Crippen LogP contribution in [0.15, 0.2) is 65.7 Å². The molecule has 1 N–H and O–H groups in total. The monoisotopic (exact) mass is 448 g/mol. The Kier molecular flexibility index (Phi) is 5.38. The number of benzene rings is 2. The van der Waals surface area contributed by atoms with E-state index >= 15 is 0 Å². The first kappa shape index (κ1) is 21.2. The molecule has 0 amide bonds. The third-order valence-corrected chi connectivity index (χ3v) is 6.13. The molecule has 1 fully saturated rings. The van der Waals surface area contributed by atoms with E-state index in [0.29, 0.717) is 17.9 Å². The Morgan fingerprint density at radius 2 is 2.06 bits per heavy atom. The Balaban J connectivity index is 1.47. The van der Waals surface area contributed by atoms with E-state index in [1.807, 2.05) is 40.8 Å². The molecule has 1 unspecified atom stereocenters. The Morgan fingerprint density at radius 3 is 2.76 bits per heavy atom. The first-order valence-electron chi connectivity index (χ1n) is 10.8. The summed E-state index contributed by atoms with van der Waals surface area (Å²) < 4.78 is 21.0. The smallest absolute Gasteiger partial charge is 0.260 e. The molecule has 0 bridgehead atoms. The number of imidazole rings is 1. The van der Waals surface area contributed by atoms with Gasteiger partial charge in [0.2, 0.25) is 0 Å². The fourth-order valence-electron chi connectivity index (χ4n) is 4.46. The number of rotatable bonds is 5. The zero-order valence-corrected chi connectivity index (χ0v) is 18.5. The molecule has 1 aromatic heterocycles. The molecule has 1 atom stereocenters. The first-order chi connectivity index (χ1) is 16.0. The number of hydrogen-bond acceptors (Lipinski definition) is 6. The maximum absolute atomic E-state index is 13.5. The van der Waals surface area contributed by atoms with Crippen molar-refractivity contribution in [3.05, 3.63) is 83.2 Å². The normalized spacial score (nSPS) is 21.0. The summed E-state index contributed by atoms with van der Waals surface area (Å²) in [5, 5.41) is 14.6. The van der Waals surface area contributed by atoms with Gasteiger partial charge in [-0.05, 0) is 73.4 Å². The van der Waals surface area contributed by atoms with Crippen LogP contribution in [0.5, 0.6) is 5.75 Å². The van der Waals surface area contributed by atoms with Gasteiger partial charge in [-0.2, -0.15) is 0 Å². The highest BCUT2D eigenvalue weighted by Gasteiger charge is 2.49. The van der Waals surface area contributed by atoms with Gasteiger partial charge in [0, 0.05) is 18.3 Å². The zero-order valence-electron chi connectivity index (χ0n) is 18.5. The van der Waals surface area contributed by atoms with Gasteiger partial charge in [-0.1, -0.05) is 11.2 Å². The zero-order chi connectivity index (χ0) is 23.0. The number of halogens is 1. The summed E-state index contributed by atoms with van der Waals surface area (Å²) in [5.41, 5.74) is 3.32. The van der Waals surface area contributed by atoms with E-state index in [2.05, 4.69) is 16.2 Å². The van der Waals surface area contributed by atoms with Gasteiger partial charge < -0.3 is 24.1 Å². The van der Waals surface area contributed by atoms with E-state index in [1.54, 1.807) is 25.6 Å². The molecular formula is C25H25FN4O3. The molecule has 3 aromatic rings. The van der Waals surface area contributed by atoms with Gasteiger partial charge in [0.1, 0.15) is 18.2 Å². The highest BCUT2D eigenvalue weighted by atomic mass is 19.1. The lowest BCUT2D eigenvalue weighted by Crippen LogP contribution is -2.51. The number of aryl methyl sites for hydroxylation is 1. The van der Waals surface area contributed by atoms with Crippen molar-refractivity contribution in [3.63, 3.8) is 0 Å². The lowest BCUT2D eigenvalue weighted by atomic mass is 9.95. The van der Waals surface area contributed by atoms with E-state index in [4.69, 9.17) is 9.57 Å². The van der Waals surface area contributed by atoms with Gasteiger partial charge in [0.25, 0.3) is 5.72 Å². The topological polar surface area (TPSA) is 72.1 Å². The second-order valence-corrected chi connectivity index (χ2v) is 8.23. The number of piperidine rings is 1. The summed E-state index contributed by atoms with van der Waals surface area (Å²) in [6.07, 6.45) is 7.48. The first-order valence-corrected chi connectivity index (χ1v) is 10.8. The van der Waals surface area contributed by atoms with Crippen molar-refractivity contribution < 1.29 is 19.1 Å². The van der Waals surface area contributed by atoms with Crippen LogP contribution in [0, 0.1) is 12.7 Å². The van der Waals surface area contributed by atoms with Gasteiger partial charge in [-0.3, -0.25) is 0 Å². The Labute approximate surface area is 191 Å². The summed E-state index contributed by atoms with van der Waals surface area (Å²) >= 11 is 0. The van der Waals surface area contributed by atoms with Crippen LogP contribution in [0.3, 0.4) is 0 Å². The molecule has 8 heteroatoms. The number of amidine groups is 1. The highest BCUT2D eigenvalue weighted by molar-refractivity contribution is 6.03. The van der Waals surface area contributed by atoms with Crippen LogP contribution in [0.25, 0.3) is 11.8 Å². The van der Waals surface area contributed by atoms with Crippen LogP contribution >= 0.6 is 0 Å². The fraction of sp³-hybridized carbons (Fsp3) is 0.280. The van der Waals surface area contributed by atoms with Crippen molar-refractivity contribution in [1.29, 1.82) is 0 Å². The van der Waals surface area contributed by atoms with Gasteiger partial charge in [0.05, 0.1) is 24.8 Å². The molecule has 3 heterocycles. The Morgan fingerprint density at radius 1 is 1.24 bits per heavy atom. The molecule has 2 aliphatic rings. The van der Waals surface area contributed by atoms with E-state index in [-0.39, 0.29) is 12.4 Å². The minimum absolute atomic E-state index is 0.300. The summed E-state index contributed by atoms with van der Waals surface area (Å²) in [5.74, 6) is 1.08. The van der Waals surface area contributed by atoms with Crippen LogP contribution in [0.2, 0.25) is 0 Å². The number of aliphatic hydroxyl groups is 1. The number of fused-ring (bicyclic) bond motifs is 1. The number of aromatic nitrogens is 2. The molecule has 0 radical (unpaired) electrons. The van der Waals surface area contributed by atoms with E-state index in [1.165, 1.54) is 12.1 Å². The second kappa shape index (κ2) is 8.37. The molecule has 7 nitrogen and oxygen atoms in total. The number of ether oxygens (including phenoxy) is 1. The number of aliphatic hydroxyl groups excluding tert-OH is 1. The predicted molar refractivity (Wildman–Crippen MR) is 122 cm³/mol. The molecule has 33 heavy (non-hydrogen) atoms. The Hall–Kier alpha value is -3.65. The highest BCUT2D eigenvalue weighted by Crippen LogP contribution is 2.40. The number of hydrogen-bond donors (Lipinski definition) is 1. The minimum Gasteiger partial charge on any atom is -0.495 e. The van der Waals surface area contributed by atoms with Crippen LogP contribution in [-0.4, -0.2) is 45.7 Å². The third kappa shape index (κ3) is 3.66. The molecule has 1 saturated heterocycles. The molecular weight excluding hydrogens is 423 g/mol. The summed E-state index contributed by atoms with van der Waals surface area (Å²) in [6, 6.07) is 12.0. The second-order valence-electron chi connectivity index (χ2n) is 8.23. The van der Waals surface area contributed by atoms with Crippen molar-refractivity contribution in [2.24, 2.45) is 5.16 Å². The van der Waals surface area contributed by atoms with E-state index in [0.717, 1.165) is 41.1 Å². The lowest BCUT2D eigenvalue weighted by Gasteiger charge is -2.38. The fourth-order valence-corrected chi connectivity index (χ4v) is 4.46. The maximum atomic E-state index is 13.5. The van der Waals surface area contributed by atoms with Crippen LogP contribution < -0.4 is 4.74 Å². The average Bonchev–Trinajstić information content (AvgIpc) is 3.44. The predicted octanol–water partition coefficient (Wildman–Crippen LogP) is 4.00. The van der Waals surface area contributed by atoms with Crippen molar-refractivity contribution >= 4 is 11.9 Å². The number of methoxy groups -OCH3 is 1. The molecule has 0 spiro atoms. The van der Waals surface area contributed by atoms with Crippen molar-refractivity contribution in [3.8, 4) is 11.4 Å². The van der Waals surface area contributed by atoms with Gasteiger partial charge >= 0.3 is 0 Å². The molecule has 2 aromatic carbocycles. The lowest BCUT2D eigenvalue weighted by molar-refractivity contribution is -0.137. The molecule has 0 aliphatic carbocycles. The summed E-state index contributed by atoms with van der Waals surface area (Å²) in [4.78, 5) is 12.1. The molecule has 2 aliphatic heterocycles. The van der Waals surface area contributed by atoms with Crippen molar-refractivity contribution in [2.75, 3.05) is 20.3 Å². The Bertz CT molecular complexity index is 1230. The molecule has 170 valence electrons. The van der Waals surface area contributed by atoms with Crippen molar-refractivity contribution in [1.82, 2.24) is 14.5 Å². The van der Waals surface area contributed by atoms with Crippen molar-refractivity contribution in [2.45, 2.75) is 25.5 Å². The van der Waals surface area contributed by atoms with Gasteiger partial charge in [0.15, 0.2) is 5.84 Å². The largest absolute Gasteiger partial charge is 0.495 e. The molecule has 0 saturated carbocycles. The third-order valence-electron chi connectivity index (χ3n) is 6.13. The van der Waals surface area contributed by atoms with Crippen LogP contribution in [0.1, 0.15) is 29.7 Å². The molecule has 5 rings (SSSR count). The quantitative estimate of drug-likeness (QED) is 0.639. The average molecular weight is 448 g/mol. The van der Waals surface area contributed by atoms with Crippen LogP contribution in [0.4, 0.5) is 4.39 Å². The summed E-state index contributed by atoms with van der Waals surface area (Å²) in [7, 11) is 1.65. The number of nitrogens with zero attached hydrogens (tertiary/aromatic N) is 4. The SMILES string of the molecule is COc1cc(/C=C2\CCCN3C2=NOC3(CO)c2ccc(F)cc2)ccc1-n1cnc(C)c1. The minimum atomic E-state index is -1.15.